The summed E-state index contributed by atoms with van der Waals surface area (Å²) in [6.07, 6.45) is 5.81. The van der Waals surface area contributed by atoms with Crippen LogP contribution in [0.1, 0.15) is 41.2 Å². The summed E-state index contributed by atoms with van der Waals surface area (Å²) in [6.45, 7) is 3.28. The highest BCUT2D eigenvalue weighted by Gasteiger charge is 2.52. The fourth-order valence-electron chi connectivity index (χ4n) is 7.07. The zero-order chi connectivity index (χ0) is 23.1. The molecule has 0 aromatic heterocycles. The minimum atomic E-state index is -0.435. The lowest BCUT2D eigenvalue weighted by Crippen LogP contribution is -2.42. The molecular formula is C33H25NO. The van der Waals surface area contributed by atoms with Crippen LogP contribution in [0.3, 0.4) is 0 Å². The molecule has 3 aliphatic heterocycles. The van der Waals surface area contributed by atoms with Crippen molar-refractivity contribution in [1.29, 1.82) is 0 Å². The van der Waals surface area contributed by atoms with Gasteiger partial charge in [-0.1, -0.05) is 91.9 Å². The summed E-state index contributed by atoms with van der Waals surface area (Å²) in [4.78, 5) is 2.56. The standard InChI is InChI=1S/C33H25NO/c1-21-10-8-11-22-20-34-28-17-5-2-13-24(28)33(27-16-9-12-23(31(21)22)32(27)34)25-14-3-6-18-29(25)35-30-19-7-4-15-26(30)33/h2-9,11-19,21H,10,20H2,1H3. The van der Waals surface area contributed by atoms with E-state index >= 15 is 0 Å². The number of allylic oxidation sites excluding steroid dienone is 2. The third-order valence-corrected chi connectivity index (χ3v) is 8.38. The Balaban J connectivity index is 1.57. The maximum atomic E-state index is 6.50. The van der Waals surface area contributed by atoms with Gasteiger partial charge >= 0.3 is 0 Å². The van der Waals surface area contributed by atoms with Gasteiger partial charge in [-0.2, -0.15) is 0 Å². The molecule has 1 atom stereocenters. The SMILES string of the molecule is CC1CC=CC2=C1c1cccc3c1N(C2)c1ccccc1C31c2ccccc2Oc2ccccc21. The topological polar surface area (TPSA) is 12.5 Å². The van der Waals surface area contributed by atoms with E-state index in [9.17, 15) is 0 Å². The van der Waals surface area contributed by atoms with E-state index in [1.54, 1.807) is 0 Å². The van der Waals surface area contributed by atoms with Crippen molar-refractivity contribution in [2.75, 3.05) is 11.4 Å². The van der Waals surface area contributed by atoms with Gasteiger partial charge in [0.15, 0.2) is 0 Å². The van der Waals surface area contributed by atoms with Crippen LogP contribution in [0.5, 0.6) is 11.5 Å². The number of para-hydroxylation sites is 4. The number of fused-ring (bicyclic) bond motifs is 9. The van der Waals surface area contributed by atoms with Crippen molar-refractivity contribution in [3.8, 4) is 11.5 Å². The Hall–Kier alpha value is -4.04. The van der Waals surface area contributed by atoms with Crippen molar-refractivity contribution in [2.24, 2.45) is 5.92 Å². The third-order valence-electron chi connectivity index (χ3n) is 8.38. The second kappa shape index (κ2) is 6.76. The molecule has 1 aliphatic carbocycles. The number of hydrogen-bond acceptors (Lipinski definition) is 2. The van der Waals surface area contributed by atoms with Crippen LogP contribution in [0.2, 0.25) is 0 Å². The van der Waals surface area contributed by atoms with Crippen LogP contribution in [-0.2, 0) is 5.41 Å². The van der Waals surface area contributed by atoms with Gasteiger partial charge < -0.3 is 9.64 Å². The Morgan fingerprint density at radius 1 is 0.743 bits per heavy atom. The molecule has 4 aromatic rings. The average Bonchev–Trinajstić information content (AvgIpc) is 2.91. The highest BCUT2D eigenvalue weighted by Crippen LogP contribution is 2.63. The van der Waals surface area contributed by atoms with E-state index in [2.05, 4.69) is 115 Å². The van der Waals surface area contributed by atoms with E-state index in [-0.39, 0.29) is 0 Å². The van der Waals surface area contributed by atoms with Gasteiger partial charge in [-0.05, 0) is 52.8 Å². The fourth-order valence-corrected chi connectivity index (χ4v) is 7.07. The van der Waals surface area contributed by atoms with Gasteiger partial charge in [0.25, 0.3) is 0 Å². The van der Waals surface area contributed by atoms with Crippen LogP contribution in [0, 0.1) is 5.92 Å². The van der Waals surface area contributed by atoms with E-state index in [1.807, 2.05) is 0 Å². The van der Waals surface area contributed by atoms with E-state index < -0.39 is 5.41 Å². The molecule has 35 heavy (non-hydrogen) atoms. The summed E-state index contributed by atoms with van der Waals surface area (Å²) in [7, 11) is 0. The first-order valence-electron chi connectivity index (χ1n) is 12.6. The first kappa shape index (κ1) is 19.3. The lowest BCUT2D eigenvalue weighted by molar-refractivity contribution is 0.433. The van der Waals surface area contributed by atoms with Gasteiger partial charge in [0.1, 0.15) is 11.5 Å². The zero-order valence-corrected chi connectivity index (χ0v) is 19.7. The zero-order valence-electron chi connectivity index (χ0n) is 19.7. The lowest BCUT2D eigenvalue weighted by Gasteiger charge is -2.51. The number of benzene rings is 4. The van der Waals surface area contributed by atoms with Crippen molar-refractivity contribution in [3.05, 3.63) is 137 Å². The molecule has 0 saturated heterocycles. The Kier molecular flexibility index (Phi) is 3.73. The normalized spacial score (nSPS) is 19.8. The molecule has 168 valence electrons. The number of hydrogen-bond donors (Lipinski definition) is 0. The molecule has 0 amide bonds. The van der Waals surface area contributed by atoms with Gasteiger partial charge in [0, 0.05) is 28.9 Å². The van der Waals surface area contributed by atoms with Crippen LogP contribution in [-0.4, -0.2) is 6.54 Å². The molecule has 4 aliphatic rings. The van der Waals surface area contributed by atoms with Gasteiger partial charge in [-0.15, -0.1) is 0 Å². The molecule has 1 spiro atoms. The molecule has 3 heterocycles. The molecule has 0 N–H and O–H groups in total. The summed E-state index contributed by atoms with van der Waals surface area (Å²) >= 11 is 0. The Morgan fingerprint density at radius 3 is 2.17 bits per heavy atom. The van der Waals surface area contributed by atoms with Crippen molar-refractivity contribution >= 4 is 16.9 Å². The summed E-state index contributed by atoms with van der Waals surface area (Å²) in [6, 6.07) is 33.2. The molecule has 0 radical (unpaired) electrons. The lowest BCUT2D eigenvalue weighted by atomic mass is 9.60. The molecule has 0 bridgehead atoms. The van der Waals surface area contributed by atoms with Gasteiger partial charge in [0.2, 0.25) is 0 Å². The monoisotopic (exact) mass is 451 g/mol. The second-order valence-corrected chi connectivity index (χ2v) is 10.1. The quantitative estimate of drug-likeness (QED) is 0.237. The van der Waals surface area contributed by atoms with Crippen molar-refractivity contribution in [3.63, 3.8) is 0 Å². The predicted octanol–water partition coefficient (Wildman–Crippen LogP) is 7.99. The largest absolute Gasteiger partial charge is 0.457 e. The molecule has 2 heteroatoms. The molecule has 8 rings (SSSR count). The average molecular weight is 452 g/mol. The molecule has 4 aromatic carbocycles. The summed E-state index contributed by atoms with van der Waals surface area (Å²) in [5.74, 6) is 2.40. The van der Waals surface area contributed by atoms with Crippen LogP contribution in [0.4, 0.5) is 11.4 Å². The second-order valence-electron chi connectivity index (χ2n) is 10.1. The highest BCUT2D eigenvalue weighted by atomic mass is 16.5. The van der Waals surface area contributed by atoms with Crippen LogP contribution in [0.25, 0.3) is 5.57 Å². The Morgan fingerprint density at radius 2 is 1.40 bits per heavy atom. The molecule has 1 unspecified atom stereocenters. The number of ether oxygens (including phenoxy) is 1. The maximum absolute atomic E-state index is 6.50. The minimum Gasteiger partial charge on any atom is -0.457 e. The van der Waals surface area contributed by atoms with Crippen molar-refractivity contribution in [1.82, 2.24) is 0 Å². The number of anilines is 2. The number of rotatable bonds is 0. The van der Waals surface area contributed by atoms with E-state index in [1.165, 1.54) is 50.3 Å². The van der Waals surface area contributed by atoms with E-state index in [4.69, 9.17) is 4.74 Å². The third kappa shape index (κ3) is 2.30. The summed E-state index contributed by atoms with van der Waals surface area (Å²) in [5, 5.41) is 0. The number of nitrogens with zero attached hydrogens (tertiary/aromatic N) is 1. The van der Waals surface area contributed by atoms with Crippen molar-refractivity contribution in [2.45, 2.75) is 18.8 Å². The van der Waals surface area contributed by atoms with Crippen LogP contribution >= 0.6 is 0 Å². The van der Waals surface area contributed by atoms with Gasteiger partial charge in [-0.3, -0.25) is 0 Å². The molecule has 2 nitrogen and oxygen atoms in total. The van der Waals surface area contributed by atoms with Crippen LogP contribution < -0.4 is 9.64 Å². The smallest absolute Gasteiger partial charge is 0.132 e. The van der Waals surface area contributed by atoms with E-state index in [0.717, 1.165) is 24.5 Å². The van der Waals surface area contributed by atoms with Gasteiger partial charge in [0.05, 0.1) is 11.1 Å². The summed E-state index contributed by atoms with van der Waals surface area (Å²) in [5.41, 5.74) is 11.7. The van der Waals surface area contributed by atoms with Gasteiger partial charge in [-0.25, -0.2) is 0 Å². The van der Waals surface area contributed by atoms with E-state index in [0.29, 0.717) is 5.92 Å². The first-order valence-corrected chi connectivity index (χ1v) is 12.6. The Bertz CT molecular complexity index is 1560. The predicted molar refractivity (Wildman–Crippen MR) is 142 cm³/mol. The summed E-state index contributed by atoms with van der Waals surface area (Å²) < 4.78 is 6.50. The molecule has 0 fully saturated rings. The first-order chi connectivity index (χ1) is 17.3. The minimum absolute atomic E-state index is 0.435. The Labute approximate surface area is 205 Å². The van der Waals surface area contributed by atoms with Crippen molar-refractivity contribution < 1.29 is 4.74 Å². The highest BCUT2D eigenvalue weighted by molar-refractivity contribution is 5.96. The van der Waals surface area contributed by atoms with Crippen LogP contribution in [0.15, 0.2) is 109 Å². The maximum Gasteiger partial charge on any atom is 0.132 e. The molecule has 0 saturated carbocycles. The fraction of sp³-hybridized carbons (Fsp3) is 0.152. The molecular weight excluding hydrogens is 426 g/mol.